The average molecular weight is 208 g/mol. The van der Waals surface area contributed by atoms with Gasteiger partial charge in [0, 0.05) is 12.4 Å². The molecule has 0 atom stereocenters. The van der Waals surface area contributed by atoms with Gasteiger partial charge in [-0.2, -0.15) is 0 Å². The van der Waals surface area contributed by atoms with E-state index in [2.05, 4.69) is 23.8 Å². The second-order valence-corrected chi connectivity index (χ2v) is 3.65. The maximum absolute atomic E-state index is 7.29. The van der Waals surface area contributed by atoms with Crippen LogP contribution in [0, 0.1) is 11.3 Å². The third-order valence-electron chi connectivity index (χ3n) is 1.85. The lowest BCUT2D eigenvalue weighted by Gasteiger charge is -2.09. The Kier molecular flexibility index (Phi) is 4.03. The predicted molar refractivity (Wildman–Crippen MR) is 58.0 cm³/mol. The molecule has 82 valence electrons. The number of rotatable bonds is 5. The highest BCUT2D eigenvalue weighted by Crippen LogP contribution is 2.11. The Morgan fingerprint density at radius 3 is 2.73 bits per heavy atom. The minimum atomic E-state index is -0.123. The van der Waals surface area contributed by atoms with E-state index in [1.165, 1.54) is 12.4 Å². The molecular formula is C10H16N4O. The number of nitrogens with two attached hydrogens (primary N) is 1. The number of ether oxygens (including phenoxy) is 1. The van der Waals surface area contributed by atoms with Crippen LogP contribution in [0.25, 0.3) is 0 Å². The number of amidine groups is 1. The monoisotopic (exact) mass is 208 g/mol. The first kappa shape index (κ1) is 11.4. The first-order valence-corrected chi connectivity index (χ1v) is 4.89. The third-order valence-corrected chi connectivity index (χ3v) is 1.85. The molecule has 0 saturated carbocycles. The van der Waals surface area contributed by atoms with E-state index in [-0.39, 0.29) is 5.84 Å². The smallest absolute Gasteiger partial charge is 0.243 e. The molecular weight excluding hydrogens is 192 g/mol. The highest BCUT2D eigenvalue weighted by atomic mass is 16.5. The molecule has 1 rings (SSSR count). The number of nitrogens with zero attached hydrogens (tertiary/aromatic N) is 2. The Labute approximate surface area is 89.2 Å². The quantitative estimate of drug-likeness (QED) is 0.562. The minimum absolute atomic E-state index is 0.123. The van der Waals surface area contributed by atoms with Gasteiger partial charge in [0.2, 0.25) is 5.88 Å². The van der Waals surface area contributed by atoms with Crippen molar-refractivity contribution in [2.45, 2.75) is 20.3 Å². The maximum atomic E-state index is 7.29. The summed E-state index contributed by atoms with van der Waals surface area (Å²) in [6, 6.07) is 0. The summed E-state index contributed by atoms with van der Waals surface area (Å²) in [5.41, 5.74) is 5.65. The van der Waals surface area contributed by atoms with Crippen molar-refractivity contribution < 1.29 is 4.74 Å². The highest BCUT2D eigenvalue weighted by molar-refractivity contribution is 5.94. The molecule has 0 fully saturated rings. The molecule has 1 aromatic rings. The van der Waals surface area contributed by atoms with Crippen LogP contribution in [0.15, 0.2) is 12.4 Å². The summed E-state index contributed by atoms with van der Waals surface area (Å²) >= 11 is 0. The van der Waals surface area contributed by atoms with E-state index in [9.17, 15) is 0 Å². The molecule has 5 nitrogen and oxygen atoms in total. The Morgan fingerprint density at radius 2 is 2.13 bits per heavy atom. The molecule has 0 aromatic carbocycles. The molecule has 0 aliphatic carbocycles. The van der Waals surface area contributed by atoms with Gasteiger partial charge < -0.3 is 10.5 Å². The number of aromatic nitrogens is 2. The van der Waals surface area contributed by atoms with Crippen LogP contribution in [0.3, 0.4) is 0 Å². The van der Waals surface area contributed by atoms with Crippen molar-refractivity contribution in [3.05, 3.63) is 18.1 Å². The van der Waals surface area contributed by atoms with E-state index in [1.807, 2.05) is 0 Å². The largest absolute Gasteiger partial charge is 0.476 e. The van der Waals surface area contributed by atoms with Crippen LogP contribution >= 0.6 is 0 Å². The first-order valence-electron chi connectivity index (χ1n) is 4.89. The molecule has 0 spiro atoms. The van der Waals surface area contributed by atoms with Crippen molar-refractivity contribution in [3.8, 4) is 5.88 Å². The van der Waals surface area contributed by atoms with Crippen molar-refractivity contribution in [2.24, 2.45) is 11.7 Å². The standard InChI is InChI=1S/C10H16N4O/c1-7(2)3-6-15-10-8(9(11)12)13-4-5-14-10/h4-5,7H,3,6H2,1-2H3,(H3,11,12). The van der Waals surface area contributed by atoms with E-state index in [4.69, 9.17) is 15.9 Å². The van der Waals surface area contributed by atoms with E-state index in [0.29, 0.717) is 24.1 Å². The van der Waals surface area contributed by atoms with Crippen LogP contribution in [0.4, 0.5) is 0 Å². The van der Waals surface area contributed by atoms with Gasteiger partial charge in [0.15, 0.2) is 5.69 Å². The lowest BCUT2D eigenvalue weighted by atomic mass is 10.1. The van der Waals surface area contributed by atoms with E-state index in [0.717, 1.165) is 6.42 Å². The van der Waals surface area contributed by atoms with Crippen LogP contribution in [0.1, 0.15) is 26.0 Å². The summed E-state index contributed by atoms with van der Waals surface area (Å²) in [6.07, 6.45) is 3.96. The number of nitrogen functional groups attached to an aromatic ring is 1. The van der Waals surface area contributed by atoms with Gasteiger partial charge in [-0.05, 0) is 12.3 Å². The number of hydrogen-bond acceptors (Lipinski definition) is 4. The highest BCUT2D eigenvalue weighted by Gasteiger charge is 2.08. The minimum Gasteiger partial charge on any atom is -0.476 e. The van der Waals surface area contributed by atoms with Gasteiger partial charge in [-0.3, -0.25) is 5.41 Å². The van der Waals surface area contributed by atoms with Crippen molar-refractivity contribution >= 4 is 5.84 Å². The van der Waals surface area contributed by atoms with Crippen LogP contribution < -0.4 is 10.5 Å². The molecule has 0 aliphatic rings. The zero-order valence-electron chi connectivity index (χ0n) is 9.03. The lowest BCUT2D eigenvalue weighted by molar-refractivity contribution is 0.277. The lowest BCUT2D eigenvalue weighted by Crippen LogP contribution is -2.16. The fourth-order valence-corrected chi connectivity index (χ4v) is 1.01. The maximum Gasteiger partial charge on any atom is 0.243 e. The second-order valence-electron chi connectivity index (χ2n) is 3.65. The van der Waals surface area contributed by atoms with E-state index in [1.54, 1.807) is 0 Å². The molecule has 0 saturated heterocycles. The van der Waals surface area contributed by atoms with Crippen LogP contribution in [-0.2, 0) is 0 Å². The molecule has 1 heterocycles. The normalized spacial score (nSPS) is 10.3. The first-order chi connectivity index (χ1) is 7.11. The molecule has 0 unspecified atom stereocenters. The Balaban J connectivity index is 2.63. The topological polar surface area (TPSA) is 84.9 Å². The fourth-order valence-electron chi connectivity index (χ4n) is 1.01. The summed E-state index contributed by atoms with van der Waals surface area (Å²) in [5.74, 6) is 0.788. The van der Waals surface area contributed by atoms with Crippen molar-refractivity contribution in [2.75, 3.05) is 6.61 Å². The number of hydrogen-bond donors (Lipinski definition) is 2. The SMILES string of the molecule is CC(C)CCOc1nccnc1C(=N)N. The summed E-state index contributed by atoms with van der Waals surface area (Å²) in [6.45, 7) is 4.80. The Bertz CT molecular complexity index is 338. The molecule has 0 radical (unpaired) electrons. The van der Waals surface area contributed by atoms with Gasteiger partial charge in [-0.1, -0.05) is 13.8 Å². The summed E-state index contributed by atoms with van der Waals surface area (Å²) in [5, 5.41) is 7.29. The molecule has 0 aliphatic heterocycles. The van der Waals surface area contributed by atoms with Crippen molar-refractivity contribution in [1.82, 2.24) is 9.97 Å². The van der Waals surface area contributed by atoms with Gasteiger partial charge in [-0.15, -0.1) is 0 Å². The number of nitrogens with one attached hydrogen (secondary N) is 1. The molecule has 1 aromatic heterocycles. The zero-order valence-corrected chi connectivity index (χ0v) is 9.03. The molecule has 3 N–H and O–H groups in total. The third kappa shape index (κ3) is 3.53. The van der Waals surface area contributed by atoms with Crippen molar-refractivity contribution in [3.63, 3.8) is 0 Å². The summed E-state index contributed by atoms with van der Waals surface area (Å²) < 4.78 is 5.41. The average Bonchev–Trinajstić information content (AvgIpc) is 2.17. The Hall–Kier alpha value is -1.65. The summed E-state index contributed by atoms with van der Waals surface area (Å²) in [7, 11) is 0. The summed E-state index contributed by atoms with van der Waals surface area (Å²) in [4.78, 5) is 7.93. The molecule has 15 heavy (non-hydrogen) atoms. The van der Waals surface area contributed by atoms with Crippen molar-refractivity contribution in [1.29, 1.82) is 5.41 Å². The second kappa shape index (κ2) is 5.29. The Morgan fingerprint density at radius 1 is 1.47 bits per heavy atom. The molecule has 5 heteroatoms. The van der Waals surface area contributed by atoms with E-state index < -0.39 is 0 Å². The van der Waals surface area contributed by atoms with Crippen LogP contribution in [-0.4, -0.2) is 22.4 Å². The molecule has 0 amide bonds. The van der Waals surface area contributed by atoms with Gasteiger partial charge >= 0.3 is 0 Å². The fraction of sp³-hybridized carbons (Fsp3) is 0.500. The van der Waals surface area contributed by atoms with Gasteiger partial charge in [-0.25, -0.2) is 9.97 Å². The van der Waals surface area contributed by atoms with Gasteiger partial charge in [0.25, 0.3) is 0 Å². The van der Waals surface area contributed by atoms with Gasteiger partial charge in [0.05, 0.1) is 6.61 Å². The van der Waals surface area contributed by atoms with Crippen LogP contribution in [0.2, 0.25) is 0 Å². The molecule has 0 bridgehead atoms. The van der Waals surface area contributed by atoms with Crippen LogP contribution in [0.5, 0.6) is 5.88 Å². The predicted octanol–water partition coefficient (Wildman–Crippen LogP) is 1.19. The zero-order chi connectivity index (χ0) is 11.3. The van der Waals surface area contributed by atoms with Gasteiger partial charge in [0.1, 0.15) is 5.84 Å². The van der Waals surface area contributed by atoms with E-state index >= 15 is 0 Å².